The Morgan fingerprint density at radius 1 is 1.10 bits per heavy atom. The molecule has 1 aliphatic carbocycles. The molecule has 1 aromatic rings. The molecule has 1 aromatic carbocycles. The minimum Gasteiger partial charge on any atom is -0.493 e. The summed E-state index contributed by atoms with van der Waals surface area (Å²) < 4.78 is 21.6. The molecule has 0 N–H and O–H groups in total. The van der Waals surface area contributed by atoms with E-state index in [0.717, 1.165) is 31.2 Å². The fourth-order valence-corrected chi connectivity index (χ4v) is 3.47. The molecule has 0 spiro atoms. The predicted octanol–water partition coefficient (Wildman–Crippen LogP) is 4.74. The number of benzene rings is 1. The summed E-state index contributed by atoms with van der Waals surface area (Å²) >= 11 is 0. The molecule has 168 valence electrons. The van der Waals surface area contributed by atoms with E-state index in [2.05, 4.69) is 13.2 Å². The summed E-state index contributed by atoms with van der Waals surface area (Å²) in [5.74, 6) is 0.996. The predicted molar refractivity (Wildman–Crippen MR) is 120 cm³/mol. The molecular formula is C25H32O6. The maximum Gasteiger partial charge on any atom is 0.331 e. The van der Waals surface area contributed by atoms with Crippen molar-refractivity contribution in [2.75, 3.05) is 26.9 Å². The van der Waals surface area contributed by atoms with Crippen LogP contribution in [0.5, 0.6) is 11.5 Å². The molecule has 0 atom stereocenters. The Balaban J connectivity index is 1.93. The first-order valence-corrected chi connectivity index (χ1v) is 10.5. The van der Waals surface area contributed by atoms with Gasteiger partial charge in [-0.05, 0) is 62.3 Å². The Hall–Kier alpha value is -3.02. The van der Waals surface area contributed by atoms with Gasteiger partial charge in [-0.25, -0.2) is 4.79 Å². The van der Waals surface area contributed by atoms with E-state index < -0.39 is 11.4 Å². The third kappa shape index (κ3) is 7.31. The highest BCUT2D eigenvalue weighted by Crippen LogP contribution is 2.40. The van der Waals surface area contributed by atoms with E-state index in [4.69, 9.17) is 18.9 Å². The van der Waals surface area contributed by atoms with Gasteiger partial charge in [-0.15, -0.1) is 0 Å². The number of carbonyl (C=O) groups excluding carboxylic acids is 2. The minimum absolute atomic E-state index is 0.153. The van der Waals surface area contributed by atoms with Gasteiger partial charge >= 0.3 is 11.9 Å². The number of rotatable bonds is 11. The lowest BCUT2D eigenvalue weighted by molar-refractivity contribution is -0.156. The maximum absolute atomic E-state index is 12.3. The van der Waals surface area contributed by atoms with Gasteiger partial charge < -0.3 is 18.9 Å². The summed E-state index contributed by atoms with van der Waals surface area (Å²) in [7, 11) is 1.59. The smallest absolute Gasteiger partial charge is 0.331 e. The number of hydrogen-bond donors (Lipinski definition) is 0. The first kappa shape index (κ1) is 24.3. The zero-order chi connectivity index (χ0) is 22.7. The van der Waals surface area contributed by atoms with Gasteiger partial charge in [0.05, 0.1) is 19.1 Å². The van der Waals surface area contributed by atoms with Crippen LogP contribution in [0.25, 0.3) is 6.08 Å². The second kappa shape index (κ2) is 12.0. The van der Waals surface area contributed by atoms with Crippen molar-refractivity contribution in [3.63, 3.8) is 0 Å². The molecule has 0 saturated heterocycles. The normalized spacial score (nSPS) is 20.6. The van der Waals surface area contributed by atoms with Crippen LogP contribution in [0.4, 0.5) is 0 Å². The maximum atomic E-state index is 12.3. The molecule has 0 aliphatic heterocycles. The fourth-order valence-electron chi connectivity index (χ4n) is 3.47. The van der Waals surface area contributed by atoms with Crippen LogP contribution >= 0.6 is 0 Å². The van der Waals surface area contributed by atoms with Crippen molar-refractivity contribution in [3.8, 4) is 11.5 Å². The molecule has 6 heteroatoms. The highest BCUT2D eigenvalue weighted by atomic mass is 16.5. The molecular weight excluding hydrogens is 396 g/mol. The van der Waals surface area contributed by atoms with Crippen molar-refractivity contribution in [1.29, 1.82) is 0 Å². The van der Waals surface area contributed by atoms with E-state index in [0.29, 0.717) is 24.0 Å². The van der Waals surface area contributed by atoms with Crippen LogP contribution in [-0.2, 0) is 19.1 Å². The molecule has 0 heterocycles. The zero-order valence-corrected chi connectivity index (χ0v) is 18.4. The topological polar surface area (TPSA) is 71.1 Å². The Labute approximate surface area is 184 Å². The Morgan fingerprint density at radius 3 is 2.42 bits per heavy atom. The summed E-state index contributed by atoms with van der Waals surface area (Å²) in [4.78, 5) is 23.9. The number of esters is 2. The highest BCUT2D eigenvalue weighted by Gasteiger charge is 2.38. The van der Waals surface area contributed by atoms with E-state index in [1.807, 2.05) is 19.1 Å². The average molecular weight is 429 g/mol. The molecule has 0 aromatic heterocycles. The van der Waals surface area contributed by atoms with Crippen molar-refractivity contribution in [2.24, 2.45) is 11.3 Å². The zero-order valence-electron chi connectivity index (χ0n) is 18.4. The molecule has 0 radical (unpaired) electrons. The molecule has 1 fully saturated rings. The summed E-state index contributed by atoms with van der Waals surface area (Å²) in [5.41, 5.74) is 0.356. The van der Waals surface area contributed by atoms with Crippen LogP contribution in [0.3, 0.4) is 0 Å². The van der Waals surface area contributed by atoms with E-state index in [1.54, 1.807) is 25.3 Å². The van der Waals surface area contributed by atoms with Crippen LogP contribution in [0.2, 0.25) is 0 Å². The SMILES string of the molecule is C=CCOC(=O)C=Cc1ccc(OC)c(OCC2CCC(C)(C(=O)OCC=C)CC2)c1. The van der Waals surface area contributed by atoms with Crippen LogP contribution in [0.15, 0.2) is 49.6 Å². The molecule has 0 amide bonds. The van der Waals surface area contributed by atoms with Gasteiger partial charge in [-0.3, -0.25) is 4.79 Å². The first-order valence-electron chi connectivity index (χ1n) is 10.5. The van der Waals surface area contributed by atoms with Gasteiger partial charge in [-0.1, -0.05) is 31.4 Å². The van der Waals surface area contributed by atoms with E-state index in [9.17, 15) is 9.59 Å². The Kier molecular flexibility index (Phi) is 9.38. The van der Waals surface area contributed by atoms with Gasteiger partial charge in [0.25, 0.3) is 0 Å². The monoisotopic (exact) mass is 428 g/mol. The van der Waals surface area contributed by atoms with Gasteiger partial charge in [-0.2, -0.15) is 0 Å². The van der Waals surface area contributed by atoms with Crippen LogP contribution < -0.4 is 9.47 Å². The van der Waals surface area contributed by atoms with Gasteiger partial charge in [0.15, 0.2) is 11.5 Å². The van der Waals surface area contributed by atoms with E-state index in [1.165, 1.54) is 12.2 Å². The average Bonchev–Trinajstić information content (AvgIpc) is 2.79. The molecule has 0 unspecified atom stereocenters. The number of hydrogen-bond acceptors (Lipinski definition) is 6. The van der Waals surface area contributed by atoms with E-state index >= 15 is 0 Å². The minimum atomic E-state index is -0.442. The van der Waals surface area contributed by atoms with Crippen molar-refractivity contribution in [3.05, 3.63) is 55.1 Å². The van der Waals surface area contributed by atoms with Crippen molar-refractivity contribution in [2.45, 2.75) is 32.6 Å². The van der Waals surface area contributed by atoms with Crippen LogP contribution in [0, 0.1) is 11.3 Å². The molecule has 1 aliphatic rings. The largest absolute Gasteiger partial charge is 0.493 e. The second-order valence-corrected chi connectivity index (χ2v) is 7.86. The summed E-state index contributed by atoms with van der Waals surface area (Å²) in [5, 5.41) is 0. The van der Waals surface area contributed by atoms with Gasteiger partial charge in [0, 0.05) is 6.08 Å². The lowest BCUT2D eigenvalue weighted by Gasteiger charge is -2.35. The van der Waals surface area contributed by atoms with Crippen molar-refractivity contribution < 1.29 is 28.5 Å². The fraction of sp³-hybridized carbons (Fsp3) is 0.440. The molecule has 2 rings (SSSR count). The Morgan fingerprint density at radius 2 is 1.77 bits per heavy atom. The van der Waals surface area contributed by atoms with Crippen LogP contribution in [0.1, 0.15) is 38.2 Å². The lowest BCUT2D eigenvalue weighted by atomic mass is 9.72. The van der Waals surface area contributed by atoms with Gasteiger partial charge in [0.1, 0.15) is 13.2 Å². The molecule has 0 bridgehead atoms. The van der Waals surface area contributed by atoms with Gasteiger partial charge in [0.2, 0.25) is 0 Å². The standard InChI is InChI=1S/C25H32O6/c1-5-15-29-23(26)10-8-19-7-9-21(28-4)22(17-19)31-18-20-11-13-25(3,14-12-20)24(27)30-16-6-2/h5-10,17,20H,1-2,11-16,18H2,3-4H3. The summed E-state index contributed by atoms with van der Waals surface area (Å²) in [6.45, 7) is 10.0. The molecule has 31 heavy (non-hydrogen) atoms. The molecule has 1 saturated carbocycles. The van der Waals surface area contributed by atoms with Crippen LogP contribution in [-0.4, -0.2) is 38.9 Å². The third-order valence-corrected chi connectivity index (χ3v) is 5.45. The highest BCUT2D eigenvalue weighted by molar-refractivity contribution is 5.87. The number of ether oxygens (including phenoxy) is 4. The van der Waals surface area contributed by atoms with Crippen molar-refractivity contribution in [1.82, 2.24) is 0 Å². The first-order chi connectivity index (χ1) is 14.9. The van der Waals surface area contributed by atoms with E-state index in [-0.39, 0.29) is 19.2 Å². The Bertz CT molecular complexity index is 802. The second-order valence-electron chi connectivity index (χ2n) is 7.86. The van der Waals surface area contributed by atoms with Crippen molar-refractivity contribution >= 4 is 18.0 Å². The summed E-state index contributed by atoms with van der Waals surface area (Å²) in [6.07, 6.45) is 9.44. The third-order valence-electron chi connectivity index (χ3n) is 5.45. The summed E-state index contributed by atoms with van der Waals surface area (Å²) in [6, 6.07) is 5.47. The number of carbonyl (C=O) groups is 2. The lowest BCUT2D eigenvalue weighted by Crippen LogP contribution is -2.35. The molecule has 6 nitrogen and oxygen atoms in total. The number of methoxy groups -OCH3 is 1. The quantitative estimate of drug-likeness (QED) is 0.288.